The van der Waals surface area contributed by atoms with Gasteiger partial charge >= 0.3 is 345 Å². The molecule has 0 radical (unpaired) electrons. The predicted molar refractivity (Wildman–Crippen MR) is 250 cm³/mol. The molecular weight excluding hydrogens is 918 g/mol. The number of hydrogen-bond donors (Lipinski definition) is 0. The van der Waals surface area contributed by atoms with Gasteiger partial charge in [0.25, 0.3) is 0 Å². The second-order valence-electron chi connectivity index (χ2n) is 20.0. The molecule has 0 fully saturated rings. The van der Waals surface area contributed by atoms with Crippen LogP contribution in [-0.4, -0.2) is 46.7 Å². The van der Waals surface area contributed by atoms with Gasteiger partial charge in [-0.15, -0.1) is 0 Å². The zero-order chi connectivity index (χ0) is 40.4. The van der Waals surface area contributed by atoms with E-state index in [1.165, 1.54) is 42.1 Å². The Labute approximate surface area is 342 Å². The molecule has 0 saturated carbocycles. The van der Waals surface area contributed by atoms with Crippen LogP contribution in [0.1, 0.15) is 62.3 Å². The van der Waals surface area contributed by atoms with Crippen LogP contribution < -0.4 is 23.1 Å². The Bertz CT molecular complexity index is 2100. The summed E-state index contributed by atoms with van der Waals surface area (Å²) in [7, 11) is -5.84. The SMILES string of the molecule is CC(C)(C)[Si](C)(C)Oc1ccc2c[c]([Bi]([c]3ccc4cc(O[Si](C)(C)C(C)(C)C)ccc4c3)[c]3ccc4cc(O[Si](C)(C)C(C)(C)C)ccc4c3)ccc2c1. The van der Waals surface area contributed by atoms with E-state index in [1.54, 1.807) is 0 Å². The molecule has 6 rings (SSSR count). The van der Waals surface area contributed by atoms with Gasteiger partial charge in [-0.3, -0.25) is 0 Å². The fourth-order valence-electron chi connectivity index (χ4n) is 6.03. The summed E-state index contributed by atoms with van der Waals surface area (Å²) in [5.41, 5.74) is 0. The summed E-state index contributed by atoms with van der Waals surface area (Å²) >= 11 is -2.82. The number of benzene rings is 6. The summed E-state index contributed by atoms with van der Waals surface area (Å²) in [5.74, 6) is 2.93. The zero-order valence-corrected chi connectivity index (χ0v) is 42.5. The van der Waals surface area contributed by atoms with Gasteiger partial charge in [0.15, 0.2) is 0 Å². The number of fused-ring (bicyclic) bond motifs is 3. The topological polar surface area (TPSA) is 27.7 Å². The molecule has 0 heterocycles. The quantitative estimate of drug-likeness (QED) is 0.135. The maximum atomic E-state index is 6.71. The van der Waals surface area contributed by atoms with Crippen molar-refractivity contribution in [3.05, 3.63) is 109 Å². The molecule has 0 aromatic heterocycles. The molecule has 0 saturated heterocycles. The minimum atomic E-state index is -2.82. The van der Waals surface area contributed by atoms with Gasteiger partial charge in [0.2, 0.25) is 0 Å². The van der Waals surface area contributed by atoms with Crippen LogP contribution in [0.25, 0.3) is 32.3 Å². The summed E-state index contributed by atoms with van der Waals surface area (Å²) in [6.45, 7) is 34.5. The summed E-state index contributed by atoms with van der Waals surface area (Å²) in [4.78, 5) is 0. The van der Waals surface area contributed by atoms with E-state index in [0.29, 0.717) is 0 Å². The van der Waals surface area contributed by atoms with Gasteiger partial charge < -0.3 is 0 Å². The van der Waals surface area contributed by atoms with E-state index in [1.807, 2.05) is 0 Å². The molecule has 0 atom stereocenters. The maximum absolute atomic E-state index is 6.71. The molecule has 6 aromatic carbocycles. The summed E-state index contributed by atoms with van der Waals surface area (Å²) < 4.78 is 24.5. The van der Waals surface area contributed by atoms with E-state index < -0.39 is 46.7 Å². The third kappa shape index (κ3) is 8.96. The van der Waals surface area contributed by atoms with Crippen LogP contribution in [-0.2, 0) is 0 Å². The molecule has 7 heteroatoms. The van der Waals surface area contributed by atoms with E-state index in [4.69, 9.17) is 13.3 Å². The molecular formula is C48H63BiO3Si3. The van der Waals surface area contributed by atoms with Crippen molar-refractivity contribution < 1.29 is 13.3 Å². The molecule has 3 nitrogen and oxygen atoms in total. The molecule has 0 amide bonds. The number of hydrogen-bond acceptors (Lipinski definition) is 3. The molecule has 0 aliphatic rings. The molecule has 0 bridgehead atoms. The monoisotopic (exact) mass is 980 g/mol. The Morgan fingerprint density at radius 2 is 0.545 bits per heavy atom. The first-order chi connectivity index (χ1) is 25.3. The van der Waals surface area contributed by atoms with Crippen LogP contribution in [0.2, 0.25) is 54.4 Å². The molecule has 0 aliphatic heterocycles. The van der Waals surface area contributed by atoms with Gasteiger partial charge in [-0.05, 0) is 0 Å². The normalized spacial score (nSPS) is 13.5. The fourth-order valence-corrected chi connectivity index (χ4v) is 18.3. The number of rotatable bonds is 9. The molecule has 0 unspecified atom stereocenters. The standard InChI is InChI=1S/3C16H21OSi.Bi/c3*1-16(2,3)18(4,5)17-15-11-10-13-8-6-7-9-14(13)12-15;/h3*7-12H,1-5H3;. The molecule has 0 N–H and O–H groups in total. The average molecular weight is 981 g/mol. The Balaban J connectivity index is 1.42. The summed E-state index contributed by atoms with van der Waals surface area (Å²) in [5, 5.41) is 7.91. The summed E-state index contributed by atoms with van der Waals surface area (Å²) in [6.07, 6.45) is 0. The van der Waals surface area contributed by atoms with Crippen molar-refractivity contribution >= 4 is 88.8 Å². The van der Waals surface area contributed by atoms with E-state index in [-0.39, 0.29) is 15.1 Å². The van der Waals surface area contributed by atoms with Crippen LogP contribution in [0.3, 0.4) is 0 Å². The second-order valence-corrected chi connectivity index (χ2v) is 42.8. The van der Waals surface area contributed by atoms with E-state index in [2.05, 4.69) is 211 Å². The average Bonchev–Trinajstić information content (AvgIpc) is 3.06. The van der Waals surface area contributed by atoms with Gasteiger partial charge in [0.1, 0.15) is 0 Å². The van der Waals surface area contributed by atoms with Crippen molar-refractivity contribution in [1.82, 2.24) is 0 Å². The van der Waals surface area contributed by atoms with Gasteiger partial charge in [0, 0.05) is 0 Å². The minimum absolute atomic E-state index is 0.144. The third-order valence-electron chi connectivity index (χ3n) is 12.7. The van der Waals surface area contributed by atoms with Crippen LogP contribution in [0, 0.1) is 0 Å². The van der Waals surface area contributed by atoms with Crippen molar-refractivity contribution in [3.63, 3.8) is 0 Å². The van der Waals surface area contributed by atoms with Gasteiger partial charge in [0.05, 0.1) is 0 Å². The Morgan fingerprint density at radius 1 is 0.327 bits per heavy atom. The van der Waals surface area contributed by atoms with Gasteiger partial charge in [-0.1, -0.05) is 0 Å². The summed E-state index contributed by atoms with van der Waals surface area (Å²) in [6, 6.07) is 41.6. The zero-order valence-electron chi connectivity index (χ0n) is 36.1. The molecule has 55 heavy (non-hydrogen) atoms. The van der Waals surface area contributed by atoms with Crippen molar-refractivity contribution in [2.45, 2.75) is 117 Å². The second kappa shape index (κ2) is 14.8. The first kappa shape index (κ1) is 41.7. The first-order valence-electron chi connectivity index (χ1n) is 19.8. The fraction of sp³-hybridized carbons (Fsp3) is 0.375. The Hall–Kier alpha value is -2.97. The van der Waals surface area contributed by atoms with E-state index in [9.17, 15) is 0 Å². The van der Waals surface area contributed by atoms with E-state index >= 15 is 0 Å². The van der Waals surface area contributed by atoms with Crippen LogP contribution in [0.15, 0.2) is 109 Å². The van der Waals surface area contributed by atoms with E-state index in [0.717, 1.165) is 17.2 Å². The van der Waals surface area contributed by atoms with Crippen molar-refractivity contribution in [2.75, 3.05) is 0 Å². The first-order valence-corrected chi connectivity index (χ1v) is 33.8. The predicted octanol–water partition coefficient (Wildman–Crippen LogP) is 12.8. The van der Waals surface area contributed by atoms with Crippen molar-refractivity contribution in [3.8, 4) is 17.2 Å². The van der Waals surface area contributed by atoms with Crippen LogP contribution in [0.5, 0.6) is 17.2 Å². The molecule has 6 aromatic rings. The third-order valence-corrected chi connectivity index (χ3v) is 35.0. The van der Waals surface area contributed by atoms with Crippen LogP contribution in [0.4, 0.5) is 0 Å². The molecule has 290 valence electrons. The Kier molecular flexibility index (Phi) is 11.2. The van der Waals surface area contributed by atoms with Crippen molar-refractivity contribution in [2.24, 2.45) is 0 Å². The van der Waals surface area contributed by atoms with Gasteiger partial charge in [-0.2, -0.15) is 0 Å². The Morgan fingerprint density at radius 3 is 0.782 bits per heavy atom. The van der Waals surface area contributed by atoms with Crippen LogP contribution >= 0.6 is 0 Å². The molecule has 0 spiro atoms. The van der Waals surface area contributed by atoms with Gasteiger partial charge in [-0.25, -0.2) is 0 Å². The molecule has 0 aliphatic carbocycles. The van der Waals surface area contributed by atoms with Crippen molar-refractivity contribution in [1.29, 1.82) is 0 Å².